The van der Waals surface area contributed by atoms with Crippen LogP contribution in [0.1, 0.15) is 5.56 Å². The molecule has 0 aliphatic heterocycles. The largest absolute Gasteiger partial charge is 0.361 e. The molecule has 23 heavy (non-hydrogen) atoms. The Bertz CT molecular complexity index is 860. The topological polar surface area (TPSA) is 46.9 Å². The lowest BCUT2D eigenvalue weighted by atomic mass is 10.2. The molecule has 116 valence electrons. The molecule has 3 aromatic rings. The number of nitrogens with one attached hydrogen (secondary N) is 1. The Morgan fingerprint density at radius 1 is 1.09 bits per heavy atom. The molecular weight excluding hydrogens is 361 g/mol. The second kappa shape index (κ2) is 6.75. The molecule has 0 amide bonds. The second-order valence-corrected chi connectivity index (χ2v) is 5.82. The number of halogens is 2. The maximum Gasteiger partial charge on any atom is 0.297 e. The summed E-state index contributed by atoms with van der Waals surface area (Å²) >= 11 is 3.37. The average molecular weight is 374 g/mol. The maximum absolute atomic E-state index is 12.9. The smallest absolute Gasteiger partial charge is 0.297 e. The molecule has 0 atom stereocenters. The van der Waals surface area contributed by atoms with Gasteiger partial charge in [0.1, 0.15) is 5.82 Å². The minimum atomic E-state index is -0.288. The van der Waals surface area contributed by atoms with Gasteiger partial charge in [-0.3, -0.25) is 9.36 Å². The van der Waals surface area contributed by atoms with Crippen LogP contribution in [0.5, 0.6) is 0 Å². The van der Waals surface area contributed by atoms with Gasteiger partial charge in [0.15, 0.2) is 5.82 Å². The van der Waals surface area contributed by atoms with Crippen LogP contribution in [0, 0.1) is 5.82 Å². The van der Waals surface area contributed by atoms with E-state index in [-0.39, 0.29) is 17.2 Å². The van der Waals surface area contributed by atoms with Crippen LogP contribution in [0.4, 0.5) is 10.2 Å². The molecule has 0 aliphatic rings. The van der Waals surface area contributed by atoms with E-state index in [1.165, 1.54) is 16.7 Å². The van der Waals surface area contributed by atoms with Gasteiger partial charge in [0, 0.05) is 29.1 Å². The van der Waals surface area contributed by atoms with Crippen molar-refractivity contribution in [3.63, 3.8) is 0 Å². The minimum absolute atomic E-state index is 0.239. The molecule has 0 saturated carbocycles. The Kier molecular flexibility index (Phi) is 4.52. The third kappa shape index (κ3) is 3.65. The highest BCUT2D eigenvalue weighted by Gasteiger charge is 2.06. The molecule has 2 aromatic carbocycles. The van der Waals surface area contributed by atoms with Gasteiger partial charge in [0.2, 0.25) is 0 Å². The van der Waals surface area contributed by atoms with E-state index in [0.717, 1.165) is 15.7 Å². The zero-order valence-corrected chi connectivity index (χ0v) is 13.6. The third-order valence-corrected chi connectivity index (χ3v) is 3.85. The molecule has 0 fully saturated rings. The molecule has 0 radical (unpaired) electrons. The van der Waals surface area contributed by atoms with Crippen molar-refractivity contribution >= 4 is 21.7 Å². The Balaban J connectivity index is 1.83. The van der Waals surface area contributed by atoms with E-state index in [9.17, 15) is 9.18 Å². The first-order valence-corrected chi connectivity index (χ1v) is 7.75. The minimum Gasteiger partial charge on any atom is -0.361 e. The fourth-order valence-electron chi connectivity index (χ4n) is 2.13. The molecule has 3 rings (SSSR count). The van der Waals surface area contributed by atoms with Gasteiger partial charge in [-0.05, 0) is 42.0 Å². The summed E-state index contributed by atoms with van der Waals surface area (Å²) in [5.74, 6) is -0.0380. The van der Waals surface area contributed by atoms with Crippen LogP contribution in [-0.2, 0) is 6.54 Å². The van der Waals surface area contributed by atoms with E-state index >= 15 is 0 Å². The van der Waals surface area contributed by atoms with Gasteiger partial charge in [-0.2, -0.15) is 0 Å². The Morgan fingerprint density at radius 2 is 1.78 bits per heavy atom. The van der Waals surface area contributed by atoms with Crippen molar-refractivity contribution in [2.24, 2.45) is 0 Å². The first-order valence-electron chi connectivity index (χ1n) is 6.95. The van der Waals surface area contributed by atoms with Gasteiger partial charge in [-0.1, -0.05) is 28.1 Å². The SMILES string of the molecule is O=c1c(NCc2ccc(F)cc2)nccn1-c1ccc(Br)cc1. The number of benzene rings is 2. The van der Waals surface area contributed by atoms with Crippen molar-refractivity contribution in [3.05, 3.63) is 87.1 Å². The van der Waals surface area contributed by atoms with E-state index < -0.39 is 0 Å². The lowest BCUT2D eigenvalue weighted by Gasteiger charge is -2.09. The van der Waals surface area contributed by atoms with Gasteiger partial charge in [0.05, 0.1) is 0 Å². The highest BCUT2D eigenvalue weighted by molar-refractivity contribution is 9.10. The Labute approximate surface area is 140 Å². The van der Waals surface area contributed by atoms with E-state index in [1.54, 1.807) is 24.5 Å². The predicted molar refractivity (Wildman–Crippen MR) is 91.3 cm³/mol. The molecule has 1 heterocycles. The standard InChI is InChI=1S/C17H13BrFN3O/c18-13-3-7-15(8-4-13)22-10-9-20-16(17(22)23)21-11-12-1-5-14(19)6-2-12/h1-10H,11H2,(H,20,21). The molecule has 0 spiro atoms. The summed E-state index contributed by atoms with van der Waals surface area (Å²) in [6.45, 7) is 0.396. The van der Waals surface area contributed by atoms with Gasteiger partial charge < -0.3 is 5.32 Å². The second-order valence-electron chi connectivity index (χ2n) is 4.91. The molecule has 0 unspecified atom stereocenters. The summed E-state index contributed by atoms with van der Waals surface area (Å²) in [6.07, 6.45) is 3.19. The van der Waals surface area contributed by atoms with Gasteiger partial charge >= 0.3 is 0 Å². The summed E-state index contributed by atoms with van der Waals surface area (Å²) in [5, 5.41) is 2.99. The van der Waals surface area contributed by atoms with Crippen LogP contribution in [0.2, 0.25) is 0 Å². The third-order valence-electron chi connectivity index (χ3n) is 3.32. The summed E-state index contributed by atoms with van der Waals surface area (Å²) in [7, 11) is 0. The molecular formula is C17H13BrFN3O. The molecule has 1 N–H and O–H groups in total. The predicted octanol–water partition coefficient (Wildman–Crippen LogP) is 3.75. The zero-order chi connectivity index (χ0) is 16.2. The maximum atomic E-state index is 12.9. The molecule has 0 aliphatic carbocycles. The number of rotatable bonds is 4. The van der Waals surface area contributed by atoms with E-state index in [0.29, 0.717) is 6.54 Å². The van der Waals surface area contributed by atoms with Crippen LogP contribution >= 0.6 is 15.9 Å². The zero-order valence-electron chi connectivity index (χ0n) is 12.0. The lowest BCUT2D eigenvalue weighted by molar-refractivity contribution is 0.627. The van der Waals surface area contributed by atoms with Gasteiger partial charge in [-0.15, -0.1) is 0 Å². The first kappa shape index (κ1) is 15.4. The van der Waals surface area contributed by atoms with E-state index in [1.807, 2.05) is 24.3 Å². The number of hydrogen-bond acceptors (Lipinski definition) is 3. The van der Waals surface area contributed by atoms with Gasteiger partial charge in [-0.25, -0.2) is 9.37 Å². The number of aromatic nitrogens is 2. The fourth-order valence-corrected chi connectivity index (χ4v) is 2.39. The van der Waals surface area contributed by atoms with E-state index in [2.05, 4.69) is 26.2 Å². The quantitative estimate of drug-likeness (QED) is 0.757. The fraction of sp³-hybridized carbons (Fsp3) is 0.0588. The number of nitrogens with zero attached hydrogens (tertiary/aromatic N) is 2. The Hall–Kier alpha value is -2.47. The van der Waals surface area contributed by atoms with Crippen molar-refractivity contribution in [2.75, 3.05) is 5.32 Å². The molecule has 1 aromatic heterocycles. The average Bonchev–Trinajstić information content (AvgIpc) is 2.56. The summed E-state index contributed by atoms with van der Waals surface area (Å²) < 4.78 is 15.4. The van der Waals surface area contributed by atoms with Crippen LogP contribution in [0.25, 0.3) is 5.69 Å². The molecule has 0 saturated heterocycles. The highest BCUT2D eigenvalue weighted by Crippen LogP contribution is 2.13. The number of anilines is 1. The Morgan fingerprint density at radius 3 is 2.48 bits per heavy atom. The van der Waals surface area contributed by atoms with E-state index in [4.69, 9.17) is 0 Å². The van der Waals surface area contributed by atoms with Crippen LogP contribution in [0.3, 0.4) is 0 Å². The monoisotopic (exact) mass is 373 g/mol. The lowest BCUT2D eigenvalue weighted by Crippen LogP contribution is -2.23. The van der Waals surface area contributed by atoms with Crippen molar-refractivity contribution in [2.45, 2.75) is 6.54 Å². The van der Waals surface area contributed by atoms with Crippen molar-refractivity contribution in [1.29, 1.82) is 0 Å². The van der Waals surface area contributed by atoms with Crippen LogP contribution < -0.4 is 10.9 Å². The molecule has 6 heteroatoms. The normalized spacial score (nSPS) is 10.5. The molecule has 0 bridgehead atoms. The highest BCUT2D eigenvalue weighted by atomic mass is 79.9. The summed E-state index contributed by atoms with van der Waals surface area (Å²) in [5.41, 5.74) is 1.38. The summed E-state index contributed by atoms with van der Waals surface area (Å²) in [4.78, 5) is 16.6. The van der Waals surface area contributed by atoms with Crippen LogP contribution in [-0.4, -0.2) is 9.55 Å². The first-order chi connectivity index (χ1) is 11.1. The van der Waals surface area contributed by atoms with Gasteiger partial charge in [0.25, 0.3) is 5.56 Å². The molecule has 4 nitrogen and oxygen atoms in total. The van der Waals surface area contributed by atoms with Crippen molar-refractivity contribution in [1.82, 2.24) is 9.55 Å². The van der Waals surface area contributed by atoms with Crippen molar-refractivity contribution < 1.29 is 4.39 Å². The number of hydrogen-bond donors (Lipinski definition) is 1. The van der Waals surface area contributed by atoms with Crippen molar-refractivity contribution in [3.8, 4) is 5.69 Å². The van der Waals surface area contributed by atoms with Crippen LogP contribution in [0.15, 0.2) is 70.2 Å². The summed E-state index contributed by atoms with van der Waals surface area (Å²) in [6, 6.07) is 13.5.